The van der Waals surface area contributed by atoms with Crippen molar-refractivity contribution in [2.75, 3.05) is 0 Å². The molecule has 0 saturated heterocycles. The summed E-state index contributed by atoms with van der Waals surface area (Å²) in [5.74, 6) is -17.0. The van der Waals surface area contributed by atoms with Crippen LogP contribution in [-0.2, 0) is 0 Å². The minimum atomic E-state index is -2.25. The highest BCUT2D eigenvalue weighted by Crippen LogP contribution is 2.31. The zero-order valence-corrected chi connectivity index (χ0v) is 21.6. The third-order valence-corrected chi connectivity index (χ3v) is 6.22. The zero-order chi connectivity index (χ0) is 31.4. The van der Waals surface area contributed by atoms with Gasteiger partial charge in [0.15, 0.2) is 46.5 Å². The second-order valence-electron chi connectivity index (χ2n) is 8.83. The lowest BCUT2D eigenvalue weighted by atomic mass is 9.90. The molecule has 218 valence electrons. The van der Waals surface area contributed by atoms with Crippen LogP contribution in [0.4, 0.5) is 35.1 Å². The van der Waals surface area contributed by atoms with Crippen LogP contribution in [0.15, 0.2) is 90.5 Å². The van der Waals surface area contributed by atoms with E-state index in [4.69, 9.17) is 15.1 Å². The summed E-state index contributed by atoms with van der Waals surface area (Å²) in [5, 5.41) is 16.9. The minimum absolute atomic E-state index is 1.16. The maximum Gasteiger partial charge on any atom is 0.631 e. The molecule has 0 atom stereocenters. The van der Waals surface area contributed by atoms with Gasteiger partial charge in [0.05, 0.1) is 5.57 Å². The van der Waals surface area contributed by atoms with Gasteiger partial charge in [-0.05, 0) is 24.3 Å². The van der Waals surface area contributed by atoms with Gasteiger partial charge in [-0.25, -0.2) is 35.1 Å². The number of benzene rings is 4. The van der Waals surface area contributed by atoms with E-state index in [1.165, 1.54) is 22.3 Å². The average Bonchev–Trinajstić information content (AvgIpc) is 2.99. The van der Waals surface area contributed by atoms with Crippen LogP contribution in [-0.4, -0.2) is 22.4 Å². The molecule has 0 spiro atoms. The van der Waals surface area contributed by atoms with Gasteiger partial charge in [-0.2, -0.15) is 0 Å². The van der Waals surface area contributed by atoms with Crippen molar-refractivity contribution in [1.82, 2.24) is 0 Å². The van der Waals surface area contributed by atoms with E-state index in [1.807, 2.05) is 0 Å². The molecule has 0 unspecified atom stereocenters. The molecule has 0 aromatic heterocycles. The topological polar surface area (TPSA) is 60.7 Å². The van der Waals surface area contributed by atoms with Crippen LogP contribution < -0.4 is 0 Å². The van der Waals surface area contributed by atoms with E-state index in [0.29, 0.717) is 0 Å². The van der Waals surface area contributed by atoms with Crippen molar-refractivity contribution in [2.45, 2.75) is 0 Å². The quantitative estimate of drug-likeness (QED) is 0.0717. The van der Waals surface area contributed by atoms with Crippen molar-refractivity contribution in [1.29, 1.82) is 0 Å². The first kappa shape index (κ1) is 31.3. The Morgan fingerprint density at radius 1 is 0.488 bits per heavy atom. The lowest BCUT2D eigenvalue weighted by Gasteiger charge is -2.11. The molecule has 0 amide bonds. The summed E-state index contributed by atoms with van der Waals surface area (Å²) in [4.78, 5) is 0. The van der Waals surface area contributed by atoms with Crippen LogP contribution in [0.25, 0.3) is 5.57 Å². The summed E-state index contributed by atoms with van der Waals surface area (Å²) >= 11 is 0. The van der Waals surface area contributed by atoms with Crippen LogP contribution in [0, 0.1) is 73.8 Å². The Morgan fingerprint density at radius 2 is 0.814 bits per heavy atom. The second-order valence-corrected chi connectivity index (χ2v) is 8.83. The molecular formula is C31H18BF8O3+. The minimum Gasteiger partial charge on any atom is -0.402 e. The lowest BCUT2D eigenvalue weighted by molar-refractivity contribution is 0.278. The molecule has 3 nitrogen and oxygen atoms in total. The maximum atomic E-state index is 13.4. The number of halogens is 8. The Morgan fingerprint density at radius 3 is 1.09 bits per heavy atom. The monoisotopic (exact) mass is 601 g/mol. The van der Waals surface area contributed by atoms with Crippen LogP contribution in [0.1, 0.15) is 11.1 Å². The highest BCUT2D eigenvalue weighted by molar-refractivity contribution is 6.30. The predicted molar refractivity (Wildman–Crippen MR) is 142 cm³/mol. The largest absolute Gasteiger partial charge is 0.631 e. The summed E-state index contributed by atoms with van der Waals surface area (Å²) in [5.41, 5.74) is 5.03. The number of rotatable bonds is 2. The van der Waals surface area contributed by atoms with Gasteiger partial charge in [-0.15, -0.1) is 0 Å². The van der Waals surface area contributed by atoms with E-state index < -0.39 is 74.7 Å². The Labute approximate surface area is 238 Å². The van der Waals surface area contributed by atoms with Gasteiger partial charge >= 0.3 is 7.32 Å². The van der Waals surface area contributed by atoms with Crippen LogP contribution in [0.3, 0.4) is 0 Å². The number of hydrogen-bond acceptors (Lipinski definition) is 3. The molecule has 2 aliphatic rings. The molecule has 6 rings (SSSR count). The van der Waals surface area contributed by atoms with Crippen molar-refractivity contribution in [3.05, 3.63) is 176 Å². The van der Waals surface area contributed by atoms with Gasteiger partial charge in [0, 0.05) is 62.7 Å². The normalized spacial score (nSPS) is 12.0. The van der Waals surface area contributed by atoms with Crippen LogP contribution in [0.2, 0.25) is 0 Å². The van der Waals surface area contributed by atoms with E-state index in [9.17, 15) is 35.1 Å². The first-order valence-electron chi connectivity index (χ1n) is 12.3. The highest BCUT2D eigenvalue weighted by atomic mass is 19.2. The fourth-order valence-corrected chi connectivity index (χ4v) is 4.45. The third kappa shape index (κ3) is 6.12. The third-order valence-electron chi connectivity index (χ3n) is 6.22. The van der Waals surface area contributed by atoms with E-state index in [-0.39, 0.29) is 0 Å². The number of fused-ring (bicyclic) bond motifs is 2. The summed E-state index contributed by atoms with van der Waals surface area (Å²) < 4.78 is 106. The molecule has 4 aromatic carbocycles. The first-order valence-corrected chi connectivity index (χ1v) is 12.3. The molecule has 0 aliphatic heterocycles. The Kier molecular flexibility index (Phi) is 9.54. The standard InChI is InChI=1S/C19H15.C12F8.BH3O3/c1-4-10-16(11-5-1)19(17-12-6-2-7-13-17)18-14-8-3-9-15-18;13-5-1-2(6(14)10(18)9(5)17)4-3(1)7(15)11(19)12(20)8(4)16;2-1(3)4/h1-15H;;2-4H/q+1;;. The van der Waals surface area contributed by atoms with Crippen molar-refractivity contribution >= 4 is 12.9 Å². The lowest BCUT2D eigenvalue weighted by Crippen LogP contribution is -2.12. The number of hydrogen-bond donors (Lipinski definition) is 3. The van der Waals surface area contributed by atoms with Gasteiger partial charge in [0.1, 0.15) is 5.57 Å². The summed E-state index contributed by atoms with van der Waals surface area (Å²) in [6.07, 6.45) is 10.5. The van der Waals surface area contributed by atoms with E-state index >= 15 is 0 Å². The van der Waals surface area contributed by atoms with Gasteiger partial charge in [0.2, 0.25) is 0 Å². The zero-order valence-electron chi connectivity index (χ0n) is 21.6. The summed E-state index contributed by atoms with van der Waals surface area (Å²) in [6, 6.07) is 21.1. The highest BCUT2D eigenvalue weighted by Gasteiger charge is 2.29. The van der Waals surface area contributed by atoms with E-state index in [1.54, 1.807) is 0 Å². The fourth-order valence-electron chi connectivity index (χ4n) is 4.45. The molecule has 12 heteroatoms. The summed E-state index contributed by atoms with van der Waals surface area (Å²) in [7, 11) is -2.17. The van der Waals surface area contributed by atoms with Crippen molar-refractivity contribution in [3.8, 4) is 0 Å². The van der Waals surface area contributed by atoms with Crippen LogP contribution in [0.5, 0.6) is 0 Å². The first-order chi connectivity index (χ1) is 20.5. The Hall–Kier alpha value is -4.65. The summed E-state index contributed by atoms with van der Waals surface area (Å²) in [6.45, 7) is 0. The van der Waals surface area contributed by atoms with Gasteiger partial charge in [-0.1, -0.05) is 36.4 Å². The molecule has 43 heavy (non-hydrogen) atoms. The van der Waals surface area contributed by atoms with Gasteiger partial charge in [0.25, 0.3) is 0 Å². The van der Waals surface area contributed by atoms with E-state index in [2.05, 4.69) is 91.4 Å². The van der Waals surface area contributed by atoms with Crippen LogP contribution >= 0.6 is 0 Å². The predicted octanol–water partition coefficient (Wildman–Crippen LogP) is 6.45. The molecule has 3 N–H and O–H groups in total. The Balaban J connectivity index is 0.000000176. The fraction of sp³-hybridized carbons (Fsp3) is 0. The van der Waals surface area contributed by atoms with Crippen molar-refractivity contribution < 1.29 is 50.2 Å². The van der Waals surface area contributed by atoms with E-state index in [0.717, 1.165) is 0 Å². The molecule has 0 fully saturated rings. The molecule has 0 saturated carbocycles. The molecule has 2 aliphatic carbocycles. The average molecular weight is 601 g/mol. The molecule has 0 bridgehead atoms. The van der Waals surface area contributed by atoms with Crippen molar-refractivity contribution in [2.24, 2.45) is 0 Å². The molecule has 0 radical (unpaired) electrons. The second kappa shape index (κ2) is 13.1. The van der Waals surface area contributed by atoms with Gasteiger partial charge in [-0.3, -0.25) is 0 Å². The Bertz CT molecular complexity index is 1740. The molecule has 0 heterocycles. The number of allylic oxidation sites excluding steroid dienone is 5. The maximum absolute atomic E-state index is 13.4. The molecular weight excluding hydrogens is 583 g/mol. The SMILES string of the molecule is C1=C[CH+]C(=C(c2ccccc2)c2ccccc2)C=C1.Fc1c(F)c(F)c2c(c1F)=c1c(F)c(F)c(F)c(F)c1=2.OB(O)O. The smallest absolute Gasteiger partial charge is 0.402 e. The molecule has 4 aromatic rings. The van der Waals surface area contributed by atoms with Gasteiger partial charge < -0.3 is 15.1 Å². The van der Waals surface area contributed by atoms with Crippen molar-refractivity contribution in [3.63, 3.8) is 0 Å².